The molecule has 0 spiro atoms. The fourth-order valence-electron chi connectivity index (χ4n) is 2.99. The molecule has 9 heteroatoms. The van der Waals surface area contributed by atoms with Crippen molar-refractivity contribution in [3.63, 3.8) is 0 Å². The number of anilines is 1. The lowest BCUT2D eigenvalue weighted by Gasteiger charge is -2.22. The zero-order valence-electron chi connectivity index (χ0n) is 14.3. The van der Waals surface area contributed by atoms with Crippen LogP contribution in [0.25, 0.3) is 11.2 Å². The van der Waals surface area contributed by atoms with Gasteiger partial charge in [0.2, 0.25) is 0 Å². The van der Waals surface area contributed by atoms with Crippen molar-refractivity contribution in [2.24, 2.45) is 5.92 Å². The summed E-state index contributed by atoms with van der Waals surface area (Å²) in [5.41, 5.74) is 1.36. The Morgan fingerprint density at radius 2 is 2.16 bits per heavy atom. The highest BCUT2D eigenvalue weighted by atomic mass is 16.5. The summed E-state index contributed by atoms with van der Waals surface area (Å²) < 4.78 is 4.77. The number of carbonyl (C=O) groups is 2. The van der Waals surface area contributed by atoms with Gasteiger partial charge < -0.3 is 19.9 Å². The molecule has 0 aromatic carbocycles. The molecule has 1 fully saturated rings. The van der Waals surface area contributed by atoms with Gasteiger partial charge in [-0.3, -0.25) is 5.32 Å². The molecule has 3 amide bonds. The van der Waals surface area contributed by atoms with Crippen molar-refractivity contribution < 1.29 is 14.3 Å². The number of urea groups is 1. The van der Waals surface area contributed by atoms with E-state index >= 15 is 0 Å². The maximum absolute atomic E-state index is 12.3. The number of likely N-dealkylation sites (tertiary alicyclic amines) is 1. The van der Waals surface area contributed by atoms with E-state index in [0.717, 1.165) is 6.42 Å². The molecular weight excluding hydrogens is 324 g/mol. The lowest BCUT2D eigenvalue weighted by molar-refractivity contribution is 0.124. The van der Waals surface area contributed by atoms with Crippen LogP contribution in [0, 0.1) is 5.92 Å². The Morgan fingerprint density at radius 1 is 1.36 bits per heavy atom. The molecule has 0 radical (unpaired) electrons. The largest absolute Gasteiger partial charge is 0.453 e. The zero-order chi connectivity index (χ0) is 17.8. The van der Waals surface area contributed by atoms with Crippen LogP contribution in [0.2, 0.25) is 0 Å². The van der Waals surface area contributed by atoms with E-state index in [1.165, 1.54) is 13.3 Å². The van der Waals surface area contributed by atoms with E-state index in [1.54, 1.807) is 17.2 Å². The standard InChI is InChI=1S/C16H22N6O3/c1-10-4-7-22(16(24)25-2)8-5-11(10)20-15(23)21-13-9-18-14-12(19-13)3-6-17-14/h3,6,9-11H,4-5,7-8H2,1-2H3,(H,17,18)(H2,19,20,21,23). The van der Waals surface area contributed by atoms with Crippen molar-refractivity contribution in [1.82, 2.24) is 25.2 Å². The first-order chi connectivity index (χ1) is 12.1. The first-order valence-electron chi connectivity index (χ1n) is 8.27. The third kappa shape index (κ3) is 3.98. The minimum absolute atomic E-state index is 0.0291. The van der Waals surface area contributed by atoms with Gasteiger partial charge in [-0.1, -0.05) is 6.92 Å². The zero-order valence-corrected chi connectivity index (χ0v) is 14.3. The van der Waals surface area contributed by atoms with Gasteiger partial charge in [0.1, 0.15) is 5.52 Å². The number of rotatable bonds is 2. The lowest BCUT2D eigenvalue weighted by Crippen LogP contribution is -2.42. The van der Waals surface area contributed by atoms with E-state index in [9.17, 15) is 9.59 Å². The average Bonchev–Trinajstić information content (AvgIpc) is 2.99. The van der Waals surface area contributed by atoms with E-state index in [-0.39, 0.29) is 24.1 Å². The smallest absolute Gasteiger partial charge is 0.409 e. The average molecular weight is 346 g/mol. The Labute approximate surface area is 145 Å². The minimum Gasteiger partial charge on any atom is -0.453 e. The van der Waals surface area contributed by atoms with E-state index in [4.69, 9.17) is 4.74 Å². The maximum Gasteiger partial charge on any atom is 0.409 e. The number of H-pyrrole nitrogens is 1. The van der Waals surface area contributed by atoms with E-state index < -0.39 is 0 Å². The van der Waals surface area contributed by atoms with E-state index in [1.807, 2.05) is 0 Å². The summed E-state index contributed by atoms with van der Waals surface area (Å²) in [5, 5.41) is 5.69. The Balaban J connectivity index is 1.58. The molecule has 1 aliphatic rings. The summed E-state index contributed by atoms with van der Waals surface area (Å²) in [7, 11) is 1.38. The van der Waals surface area contributed by atoms with Crippen LogP contribution in [0.4, 0.5) is 15.4 Å². The van der Waals surface area contributed by atoms with Crippen molar-refractivity contribution >= 4 is 29.1 Å². The van der Waals surface area contributed by atoms with E-state index in [0.29, 0.717) is 36.5 Å². The molecule has 2 atom stereocenters. The predicted octanol–water partition coefficient (Wildman–Crippen LogP) is 1.95. The predicted molar refractivity (Wildman–Crippen MR) is 92.2 cm³/mol. The van der Waals surface area contributed by atoms with Gasteiger partial charge in [0.25, 0.3) is 0 Å². The fraction of sp³-hybridized carbons (Fsp3) is 0.500. The van der Waals surface area contributed by atoms with E-state index in [2.05, 4.69) is 32.5 Å². The molecule has 2 aromatic heterocycles. The second-order valence-corrected chi connectivity index (χ2v) is 6.18. The van der Waals surface area contributed by atoms with Crippen molar-refractivity contribution in [2.75, 3.05) is 25.5 Å². The number of nitrogens with one attached hydrogen (secondary N) is 3. The van der Waals surface area contributed by atoms with Crippen molar-refractivity contribution in [1.29, 1.82) is 0 Å². The molecule has 0 saturated carbocycles. The van der Waals surface area contributed by atoms with Gasteiger partial charge in [-0.05, 0) is 24.8 Å². The molecule has 25 heavy (non-hydrogen) atoms. The third-order valence-corrected chi connectivity index (χ3v) is 4.50. The number of aromatic nitrogens is 3. The summed E-state index contributed by atoms with van der Waals surface area (Å²) >= 11 is 0. The lowest BCUT2D eigenvalue weighted by atomic mass is 9.97. The highest BCUT2D eigenvalue weighted by Gasteiger charge is 2.27. The molecule has 3 rings (SSSR count). The molecule has 2 aromatic rings. The number of methoxy groups -OCH3 is 1. The van der Waals surface area contributed by atoms with Gasteiger partial charge >= 0.3 is 12.1 Å². The summed E-state index contributed by atoms with van der Waals surface area (Å²) in [5.74, 6) is 0.640. The first-order valence-corrected chi connectivity index (χ1v) is 8.27. The van der Waals surface area contributed by atoms with Crippen molar-refractivity contribution in [3.8, 4) is 0 Å². The van der Waals surface area contributed by atoms with Crippen LogP contribution >= 0.6 is 0 Å². The molecule has 1 saturated heterocycles. The second kappa shape index (κ2) is 7.37. The molecule has 0 bridgehead atoms. The van der Waals surface area contributed by atoms with Crippen molar-refractivity contribution in [2.45, 2.75) is 25.8 Å². The van der Waals surface area contributed by atoms with Gasteiger partial charge in [0.15, 0.2) is 11.5 Å². The highest BCUT2D eigenvalue weighted by molar-refractivity contribution is 5.89. The van der Waals surface area contributed by atoms with Crippen LogP contribution in [0.15, 0.2) is 18.5 Å². The minimum atomic E-state index is -0.326. The molecule has 3 heterocycles. The van der Waals surface area contributed by atoms with Gasteiger partial charge in [-0.25, -0.2) is 19.6 Å². The van der Waals surface area contributed by atoms with Crippen LogP contribution in [-0.4, -0.2) is 58.2 Å². The molecular formula is C16H22N6O3. The van der Waals surface area contributed by atoms with Crippen LogP contribution in [0.5, 0.6) is 0 Å². The number of hydrogen-bond donors (Lipinski definition) is 3. The van der Waals surface area contributed by atoms with Crippen LogP contribution in [-0.2, 0) is 4.74 Å². The van der Waals surface area contributed by atoms with Crippen molar-refractivity contribution in [3.05, 3.63) is 18.5 Å². The number of nitrogens with zero attached hydrogens (tertiary/aromatic N) is 3. The van der Waals surface area contributed by atoms with Crippen LogP contribution in [0.3, 0.4) is 0 Å². The summed E-state index contributed by atoms with van der Waals surface area (Å²) in [6.45, 7) is 3.25. The number of aromatic amines is 1. The molecule has 1 aliphatic heterocycles. The van der Waals surface area contributed by atoms with Gasteiger partial charge in [0.05, 0.1) is 13.3 Å². The Morgan fingerprint density at radius 3 is 2.96 bits per heavy atom. The topological polar surface area (TPSA) is 112 Å². The number of ether oxygens (including phenoxy) is 1. The molecule has 2 unspecified atom stereocenters. The Bertz CT molecular complexity index is 761. The Kier molecular flexibility index (Phi) is 5.01. The van der Waals surface area contributed by atoms with Gasteiger partial charge in [0, 0.05) is 25.3 Å². The number of fused-ring (bicyclic) bond motifs is 1. The monoisotopic (exact) mass is 346 g/mol. The second-order valence-electron chi connectivity index (χ2n) is 6.18. The maximum atomic E-state index is 12.3. The summed E-state index contributed by atoms with van der Waals surface area (Å²) in [6, 6.07) is 1.44. The summed E-state index contributed by atoms with van der Waals surface area (Å²) in [4.78, 5) is 37.1. The molecule has 134 valence electrons. The molecule has 9 nitrogen and oxygen atoms in total. The van der Waals surface area contributed by atoms with Gasteiger partial charge in [-0.2, -0.15) is 0 Å². The normalized spacial score (nSPS) is 20.8. The molecule has 3 N–H and O–H groups in total. The first kappa shape index (κ1) is 17.0. The summed E-state index contributed by atoms with van der Waals surface area (Å²) in [6.07, 6.45) is 4.40. The molecule has 0 aliphatic carbocycles. The highest BCUT2D eigenvalue weighted by Crippen LogP contribution is 2.18. The third-order valence-electron chi connectivity index (χ3n) is 4.50. The number of carbonyl (C=O) groups excluding carboxylic acids is 2. The van der Waals surface area contributed by atoms with Gasteiger partial charge in [-0.15, -0.1) is 0 Å². The van der Waals surface area contributed by atoms with Crippen LogP contribution < -0.4 is 10.6 Å². The number of amides is 3. The SMILES string of the molecule is COC(=O)N1CCC(C)C(NC(=O)Nc2cnc3[nH]ccc3n2)CC1. The quantitative estimate of drug-likeness (QED) is 0.769. The Hall–Kier alpha value is -2.84. The van der Waals surface area contributed by atoms with Crippen LogP contribution in [0.1, 0.15) is 19.8 Å². The number of hydrogen-bond acceptors (Lipinski definition) is 5. The fourth-order valence-corrected chi connectivity index (χ4v) is 2.99.